The van der Waals surface area contributed by atoms with Crippen molar-refractivity contribution in [3.63, 3.8) is 0 Å². The van der Waals surface area contributed by atoms with E-state index in [-0.39, 0.29) is 0 Å². The van der Waals surface area contributed by atoms with Gasteiger partial charge in [0.2, 0.25) is 0 Å². The van der Waals surface area contributed by atoms with E-state index < -0.39 is 0 Å². The molecule has 0 bridgehead atoms. The van der Waals surface area contributed by atoms with Crippen molar-refractivity contribution < 1.29 is 0 Å². The number of hydrogen-bond donors (Lipinski definition) is 0. The first-order valence-corrected chi connectivity index (χ1v) is 10.5. The molecule has 0 saturated carbocycles. The van der Waals surface area contributed by atoms with Crippen LogP contribution in [0.1, 0.15) is 11.1 Å². The van der Waals surface area contributed by atoms with Gasteiger partial charge in [-0.2, -0.15) is 0 Å². The molecule has 5 aromatic carbocycles. The second kappa shape index (κ2) is 6.43. The van der Waals surface area contributed by atoms with Gasteiger partial charge in [0.15, 0.2) is 0 Å². The van der Waals surface area contributed by atoms with Crippen LogP contribution in [0.25, 0.3) is 55.3 Å². The fraction of sp³-hybridized carbons (Fsp3) is 0.0667. The minimum Gasteiger partial charge on any atom is -0.0622 e. The van der Waals surface area contributed by atoms with Gasteiger partial charge in [-0.3, -0.25) is 0 Å². The third-order valence-corrected chi connectivity index (χ3v) is 6.61. The van der Waals surface area contributed by atoms with E-state index in [1.165, 1.54) is 66.4 Å². The Morgan fingerprint density at radius 2 is 1.13 bits per heavy atom. The molecular formula is C30H22. The summed E-state index contributed by atoms with van der Waals surface area (Å²) in [5, 5.41) is 2.79. The van der Waals surface area contributed by atoms with Crippen molar-refractivity contribution >= 4 is 10.8 Å². The molecule has 0 radical (unpaired) electrons. The SMILES string of the molecule is Cc1cc2c3c(cccc3c1C)-c1cc(-c3ccccc3-c3ccccc3)ccc1-2. The molecule has 5 aromatic rings. The Morgan fingerprint density at radius 3 is 1.93 bits per heavy atom. The van der Waals surface area contributed by atoms with E-state index in [4.69, 9.17) is 0 Å². The molecule has 0 spiro atoms. The van der Waals surface area contributed by atoms with Crippen LogP contribution in [0.15, 0.2) is 97.1 Å². The normalized spacial score (nSPS) is 11.7. The Balaban J connectivity index is 1.59. The molecule has 1 aliphatic rings. The summed E-state index contributed by atoms with van der Waals surface area (Å²) < 4.78 is 0. The van der Waals surface area contributed by atoms with Gasteiger partial charge in [-0.15, -0.1) is 0 Å². The lowest BCUT2D eigenvalue weighted by Gasteiger charge is -2.12. The third kappa shape index (κ3) is 2.40. The van der Waals surface area contributed by atoms with Crippen LogP contribution in [0, 0.1) is 13.8 Å². The van der Waals surface area contributed by atoms with Gasteiger partial charge >= 0.3 is 0 Å². The highest BCUT2D eigenvalue weighted by atomic mass is 14.3. The molecule has 1 aliphatic carbocycles. The van der Waals surface area contributed by atoms with Gasteiger partial charge in [0.25, 0.3) is 0 Å². The summed E-state index contributed by atoms with van der Waals surface area (Å²) in [6.45, 7) is 4.46. The smallest absolute Gasteiger partial charge is 0.00235 e. The highest BCUT2D eigenvalue weighted by molar-refractivity contribution is 6.16. The maximum atomic E-state index is 2.39. The molecule has 6 rings (SSSR count). The zero-order valence-electron chi connectivity index (χ0n) is 17.2. The summed E-state index contributed by atoms with van der Waals surface area (Å²) in [5.74, 6) is 0. The van der Waals surface area contributed by atoms with E-state index in [0.717, 1.165) is 0 Å². The first-order valence-electron chi connectivity index (χ1n) is 10.5. The van der Waals surface area contributed by atoms with E-state index in [1.54, 1.807) is 0 Å². The number of fused-ring (bicyclic) bond motifs is 3. The summed E-state index contributed by atoms with van der Waals surface area (Å²) in [6, 6.07) is 35.5. The first-order chi connectivity index (χ1) is 14.7. The average Bonchev–Trinajstić information content (AvgIpc) is 3.12. The van der Waals surface area contributed by atoms with Crippen LogP contribution >= 0.6 is 0 Å². The predicted molar refractivity (Wildman–Crippen MR) is 129 cm³/mol. The van der Waals surface area contributed by atoms with Crippen molar-refractivity contribution in [2.24, 2.45) is 0 Å². The topological polar surface area (TPSA) is 0 Å². The fourth-order valence-corrected chi connectivity index (χ4v) is 4.97. The summed E-state index contributed by atoms with van der Waals surface area (Å²) in [7, 11) is 0. The number of rotatable bonds is 2. The van der Waals surface area contributed by atoms with E-state index in [2.05, 4.69) is 111 Å². The predicted octanol–water partition coefficient (Wildman–Crippen LogP) is 8.44. The van der Waals surface area contributed by atoms with Gasteiger partial charge in [0.05, 0.1) is 0 Å². The van der Waals surface area contributed by atoms with Gasteiger partial charge in [-0.1, -0.05) is 91.0 Å². The van der Waals surface area contributed by atoms with Crippen LogP contribution < -0.4 is 0 Å². The van der Waals surface area contributed by atoms with E-state index in [9.17, 15) is 0 Å². The van der Waals surface area contributed by atoms with E-state index >= 15 is 0 Å². The second-order valence-electron chi connectivity index (χ2n) is 8.27. The summed E-state index contributed by atoms with van der Waals surface area (Å²) in [5.41, 5.74) is 13.3. The fourth-order valence-electron chi connectivity index (χ4n) is 4.97. The summed E-state index contributed by atoms with van der Waals surface area (Å²) in [6.07, 6.45) is 0. The molecule has 0 heterocycles. The Labute approximate surface area is 177 Å². The Kier molecular flexibility index (Phi) is 3.70. The lowest BCUT2D eigenvalue weighted by atomic mass is 9.92. The lowest BCUT2D eigenvalue weighted by molar-refractivity contribution is 1.38. The molecule has 0 saturated heterocycles. The molecule has 0 nitrogen and oxygen atoms in total. The standard InChI is InChI=1S/C30H22/c1-19-17-29-26-16-15-22(18-28(26)27-14-8-13-23(20(19)2)30(27)29)25-12-7-6-11-24(25)21-9-4-3-5-10-21/h3-18H,1-2H3. The lowest BCUT2D eigenvalue weighted by Crippen LogP contribution is -1.86. The molecule has 0 heteroatoms. The molecule has 0 aromatic heterocycles. The van der Waals surface area contributed by atoms with Crippen LogP contribution in [-0.4, -0.2) is 0 Å². The van der Waals surface area contributed by atoms with Crippen LogP contribution in [0.5, 0.6) is 0 Å². The van der Waals surface area contributed by atoms with Crippen molar-refractivity contribution in [3.05, 3.63) is 108 Å². The first kappa shape index (κ1) is 17.2. The molecule has 30 heavy (non-hydrogen) atoms. The highest BCUT2D eigenvalue weighted by Crippen LogP contribution is 2.50. The van der Waals surface area contributed by atoms with Crippen LogP contribution in [0.4, 0.5) is 0 Å². The molecule has 0 unspecified atom stereocenters. The van der Waals surface area contributed by atoms with Gasteiger partial charge in [-0.05, 0) is 86.3 Å². The zero-order chi connectivity index (χ0) is 20.2. The van der Waals surface area contributed by atoms with Gasteiger partial charge in [0, 0.05) is 0 Å². The number of benzene rings is 5. The molecular weight excluding hydrogens is 360 g/mol. The third-order valence-electron chi connectivity index (χ3n) is 6.61. The largest absolute Gasteiger partial charge is 0.0622 e. The Bertz CT molecular complexity index is 1440. The number of hydrogen-bond acceptors (Lipinski definition) is 0. The van der Waals surface area contributed by atoms with Crippen LogP contribution in [-0.2, 0) is 0 Å². The quantitative estimate of drug-likeness (QED) is 0.282. The van der Waals surface area contributed by atoms with E-state index in [0.29, 0.717) is 0 Å². The average molecular weight is 383 g/mol. The molecule has 0 N–H and O–H groups in total. The zero-order valence-corrected chi connectivity index (χ0v) is 17.2. The summed E-state index contributed by atoms with van der Waals surface area (Å²) >= 11 is 0. The van der Waals surface area contributed by atoms with Crippen molar-refractivity contribution in [1.29, 1.82) is 0 Å². The molecule has 142 valence electrons. The molecule has 0 amide bonds. The van der Waals surface area contributed by atoms with Crippen molar-refractivity contribution in [2.75, 3.05) is 0 Å². The maximum absolute atomic E-state index is 2.39. The summed E-state index contributed by atoms with van der Waals surface area (Å²) in [4.78, 5) is 0. The van der Waals surface area contributed by atoms with Gasteiger partial charge in [0.1, 0.15) is 0 Å². The van der Waals surface area contributed by atoms with Crippen LogP contribution in [0.2, 0.25) is 0 Å². The van der Waals surface area contributed by atoms with Gasteiger partial charge in [-0.25, -0.2) is 0 Å². The molecule has 0 fully saturated rings. The van der Waals surface area contributed by atoms with Crippen molar-refractivity contribution in [2.45, 2.75) is 13.8 Å². The minimum absolute atomic E-state index is 1.25. The van der Waals surface area contributed by atoms with Gasteiger partial charge < -0.3 is 0 Å². The maximum Gasteiger partial charge on any atom is -0.00235 e. The molecule has 0 atom stereocenters. The highest BCUT2D eigenvalue weighted by Gasteiger charge is 2.23. The second-order valence-corrected chi connectivity index (χ2v) is 8.27. The van der Waals surface area contributed by atoms with Crippen LogP contribution in [0.3, 0.4) is 0 Å². The number of aryl methyl sites for hydroxylation is 2. The Morgan fingerprint density at radius 1 is 0.433 bits per heavy atom. The minimum atomic E-state index is 1.25. The van der Waals surface area contributed by atoms with E-state index in [1.807, 2.05) is 0 Å². The molecule has 0 aliphatic heterocycles. The Hall–Kier alpha value is -3.64. The monoisotopic (exact) mass is 382 g/mol. The van der Waals surface area contributed by atoms with Crippen molar-refractivity contribution in [3.8, 4) is 44.5 Å². The van der Waals surface area contributed by atoms with Crippen molar-refractivity contribution in [1.82, 2.24) is 0 Å².